The molecule has 0 atom stereocenters. The number of nitrogens with zero attached hydrogens (tertiary/aromatic N) is 1. The molecule has 0 unspecified atom stereocenters. The molecule has 0 aliphatic carbocycles. The highest BCUT2D eigenvalue weighted by Crippen LogP contribution is 2.36. The Balaban J connectivity index is 2.10. The Bertz CT molecular complexity index is 1010. The molecule has 0 N–H and O–H groups in total. The number of carbonyl (C=O) groups is 1. The minimum absolute atomic E-state index is 0.0129. The third kappa shape index (κ3) is 4.62. The summed E-state index contributed by atoms with van der Waals surface area (Å²) in [5.41, 5.74) is 4.14. The van der Waals surface area contributed by atoms with Crippen molar-refractivity contribution in [1.29, 1.82) is 0 Å². The lowest BCUT2D eigenvalue weighted by Crippen LogP contribution is -2.42. The first kappa shape index (κ1) is 20.9. The summed E-state index contributed by atoms with van der Waals surface area (Å²) in [5.74, 6) is -1.61. The van der Waals surface area contributed by atoms with E-state index >= 15 is 0 Å². The number of fused-ring (bicyclic) bond motifs is 1. The van der Waals surface area contributed by atoms with Crippen LogP contribution in [-0.4, -0.2) is 37.2 Å². The van der Waals surface area contributed by atoms with E-state index in [9.17, 15) is 18.0 Å². The zero-order chi connectivity index (χ0) is 21.2. The van der Waals surface area contributed by atoms with Crippen LogP contribution in [0.1, 0.15) is 16.9 Å². The van der Waals surface area contributed by atoms with Crippen LogP contribution in [0.2, 0.25) is 0 Å². The average molecular weight is 405 g/mol. The first-order valence-electron chi connectivity index (χ1n) is 9.15. The van der Waals surface area contributed by atoms with Gasteiger partial charge in [0.1, 0.15) is 11.3 Å². The molecule has 0 aliphatic rings. The number of furan rings is 1. The molecule has 2 aromatic carbocycles. The predicted molar refractivity (Wildman–Crippen MR) is 104 cm³/mol. The molecular weight excluding hydrogens is 383 g/mol. The highest BCUT2D eigenvalue weighted by molar-refractivity contribution is 5.96. The lowest BCUT2D eigenvalue weighted by molar-refractivity contribution is -0.186. The molecule has 1 heterocycles. The van der Waals surface area contributed by atoms with Crippen molar-refractivity contribution in [3.05, 3.63) is 59.4 Å². The zero-order valence-corrected chi connectivity index (χ0v) is 16.5. The minimum atomic E-state index is -4.97. The Kier molecular flexibility index (Phi) is 5.98. The molecule has 0 fully saturated rings. The lowest BCUT2D eigenvalue weighted by atomic mass is 9.99. The molecule has 0 bridgehead atoms. The minimum Gasteiger partial charge on any atom is -0.459 e. The number of hydrogen-bond donors (Lipinski definition) is 0. The van der Waals surface area contributed by atoms with Crippen molar-refractivity contribution in [2.75, 3.05) is 20.3 Å². The van der Waals surface area contributed by atoms with E-state index in [2.05, 4.69) is 0 Å². The van der Waals surface area contributed by atoms with Gasteiger partial charge in [0, 0.05) is 24.6 Å². The van der Waals surface area contributed by atoms with Crippen molar-refractivity contribution < 1.29 is 27.1 Å². The van der Waals surface area contributed by atoms with Crippen LogP contribution in [0.5, 0.6) is 0 Å². The highest BCUT2D eigenvalue weighted by atomic mass is 19.4. The van der Waals surface area contributed by atoms with Gasteiger partial charge in [-0.3, -0.25) is 4.79 Å². The maximum atomic E-state index is 13.1. The van der Waals surface area contributed by atoms with Crippen LogP contribution in [0.25, 0.3) is 22.1 Å². The number of amides is 1. The molecule has 154 valence electrons. The van der Waals surface area contributed by atoms with Crippen molar-refractivity contribution in [3.8, 4) is 11.1 Å². The van der Waals surface area contributed by atoms with Crippen LogP contribution >= 0.6 is 0 Å². The Labute approximate surface area is 166 Å². The monoisotopic (exact) mass is 405 g/mol. The second kappa shape index (κ2) is 8.29. The number of rotatable bonds is 6. The van der Waals surface area contributed by atoms with Gasteiger partial charge in [0.15, 0.2) is 0 Å². The third-order valence-corrected chi connectivity index (χ3v) is 4.69. The number of alkyl halides is 3. The normalized spacial score (nSPS) is 11.8. The van der Waals surface area contributed by atoms with Gasteiger partial charge < -0.3 is 14.1 Å². The van der Waals surface area contributed by atoms with Crippen LogP contribution in [0.4, 0.5) is 13.2 Å². The first-order chi connectivity index (χ1) is 13.7. The predicted octanol–water partition coefficient (Wildman–Crippen LogP) is 5.25. The Hall–Kier alpha value is -2.80. The molecule has 1 aromatic heterocycles. The summed E-state index contributed by atoms with van der Waals surface area (Å²) < 4.78 is 50.1. The van der Waals surface area contributed by atoms with Gasteiger partial charge in [-0.25, -0.2) is 0 Å². The van der Waals surface area contributed by atoms with Crippen molar-refractivity contribution in [2.45, 2.75) is 26.6 Å². The van der Waals surface area contributed by atoms with E-state index in [0.717, 1.165) is 22.1 Å². The molecule has 7 heteroatoms. The van der Waals surface area contributed by atoms with Crippen LogP contribution in [0, 0.1) is 13.8 Å². The van der Waals surface area contributed by atoms with E-state index in [1.165, 1.54) is 7.11 Å². The van der Waals surface area contributed by atoms with Crippen molar-refractivity contribution in [2.24, 2.45) is 0 Å². The average Bonchev–Trinajstić information content (AvgIpc) is 3.01. The van der Waals surface area contributed by atoms with Gasteiger partial charge in [0.05, 0.1) is 13.2 Å². The number of halogens is 3. The lowest BCUT2D eigenvalue weighted by Gasteiger charge is -2.23. The van der Waals surface area contributed by atoms with Crippen LogP contribution in [0.15, 0.2) is 46.9 Å². The summed E-state index contributed by atoms with van der Waals surface area (Å²) >= 11 is 0. The van der Waals surface area contributed by atoms with Gasteiger partial charge in [0.25, 0.3) is 0 Å². The van der Waals surface area contributed by atoms with Crippen LogP contribution < -0.4 is 0 Å². The second-order valence-corrected chi connectivity index (χ2v) is 6.98. The van der Waals surface area contributed by atoms with Gasteiger partial charge in [0.2, 0.25) is 0 Å². The smallest absolute Gasteiger partial charge is 0.459 e. The van der Waals surface area contributed by atoms with Crippen molar-refractivity contribution >= 4 is 16.9 Å². The number of aryl methyl sites for hydroxylation is 2. The quantitative estimate of drug-likeness (QED) is 0.562. The van der Waals surface area contributed by atoms with Gasteiger partial charge in [-0.2, -0.15) is 13.2 Å². The van der Waals surface area contributed by atoms with E-state index in [-0.39, 0.29) is 19.7 Å². The molecule has 3 aromatic rings. The summed E-state index contributed by atoms with van der Waals surface area (Å²) in [5, 5.41) is 0.801. The molecular formula is C22H22F3NO3. The van der Waals surface area contributed by atoms with Gasteiger partial charge >= 0.3 is 12.1 Å². The largest absolute Gasteiger partial charge is 0.471 e. The van der Waals surface area contributed by atoms with E-state index in [1.807, 2.05) is 50.2 Å². The molecule has 0 aliphatic heterocycles. The number of ether oxygens (including phenoxy) is 1. The fourth-order valence-corrected chi connectivity index (χ4v) is 3.22. The first-order valence-corrected chi connectivity index (χ1v) is 9.15. The Morgan fingerprint density at radius 2 is 1.72 bits per heavy atom. The van der Waals surface area contributed by atoms with E-state index in [4.69, 9.17) is 9.15 Å². The summed E-state index contributed by atoms with van der Waals surface area (Å²) in [4.78, 5) is 12.7. The van der Waals surface area contributed by atoms with Gasteiger partial charge in [-0.1, -0.05) is 41.5 Å². The topological polar surface area (TPSA) is 42.7 Å². The SMILES string of the molecule is COCCN(Cc1oc2ccc(C)cc2c1-c1ccc(C)cc1)C(=O)C(F)(F)F. The van der Waals surface area contributed by atoms with Crippen molar-refractivity contribution in [1.82, 2.24) is 4.90 Å². The maximum Gasteiger partial charge on any atom is 0.471 e. The van der Waals surface area contributed by atoms with E-state index in [1.54, 1.807) is 6.07 Å². The summed E-state index contributed by atoms with van der Waals surface area (Å²) in [6.07, 6.45) is -4.97. The Morgan fingerprint density at radius 1 is 1.07 bits per heavy atom. The summed E-state index contributed by atoms with van der Waals surface area (Å²) in [7, 11) is 1.37. The molecule has 1 amide bonds. The molecule has 3 rings (SSSR count). The number of benzene rings is 2. The van der Waals surface area contributed by atoms with Gasteiger partial charge in [-0.15, -0.1) is 0 Å². The van der Waals surface area contributed by atoms with Crippen LogP contribution in [0.3, 0.4) is 0 Å². The molecule has 4 nitrogen and oxygen atoms in total. The zero-order valence-electron chi connectivity index (χ0n) is 16.5. The van der Waals surface area contributed by atoms with E-state index < -0.39 is 12.1 Å². The summed E-state index contributed by atoms with van der Waals surface area (Å²) in [6.45, 7) is 3.37. The fraction of sp³-hybridized carbons (Fsp3) is 0.318. The van der Waals surface area contributed by atoms with Crippen LogP contribution in [-0.2, 0) is 16.1 Å². The number of methoxy groups -OCH3 is 1. The standard InChI is InChI=1S/C22H22F3NO3/c1-14-4-7-16(8-5-14)20-17-12-15(2)6-9-18(17)29-19(20)13-26(10-11-28-3)21(27)22(23,24)25/h4-9,12H,10-11,13H2,1-3H3. The Morgan fingerprint density at radius 3 is 2.34 bits per heavy atom. The van der Waals surface area contributed by atoms with Crippen molar-refractivity contribution in [3.63, 3.8) is 0 Å². The number of carbonyl (C=O) groups excluding carboxylic acids is 1. The highest BCUT2D eigenvalue weighted by Gasteiger charge is 2.42. The third-order valence-electron chi connectivity index (χ3n) is 4.69. The summed E-state index contributed by atoms with van der Waals surface area (Å²) in [6, 6.07) is 13.2. The molecule has 29 heavy (non-hydrogen) atoms. The van der Waals surface area contributed by atoms with Gasteiger partial charge in [-0.05, 0) is 31.5 Å². The second-order valence-electron chi connectivity index (χ2n) is 6.98. The molecule has 0 saturated carbocycles. The molecule has 0 saturated heterocycles. The maximum absolute atomic E-state index is 13.1. The van der Waals surface area contributed by atoms with E-state index in [0.29, 0.717) is 21.8 Å². The fourth-order valence-electron chi connectivity index (χ4n) is 3.22. The number of hydrogen-bond acceptors (Lipinski definition) is 3. The molecule has 0 radical (unpaired) electrons. The molecule has 0 spiro atoms.